The molecule has 0 radical (unpaired) electrons. The lowest BCUT2D eigenvalue weighted by Crippen LogP contribution is -2.27. The Morgan fingerprint density at radius 2 is 1.96 bits per heavy atom. The first-order valence-electron chi connectivity index (χ1n) is 8.45. The summed E-state index contributed by atoms with van der Waals surface area (Å²) < 4.78 is 13.9. The normalized spacial score (nSPS) is 19.9. The molecule has 2 aromatic carbocycles. The maximum Gasteiger partial charge on any atom is 0.276 e. The van der Waals surface area contributed by atoms with Gasteiger partial charge in [-0.1, -0.05) is 23.7 Å². The molecule has 2 heterocycles. The van der Waals surface area contributed by atoms with Crippen LogP contribution in [-0.2, 0) is 9.59 Å². The summed E-state index contributed by atoms with van der Waals surface area (Å²) >= 11 is 7.21. The molecule has 6 nitrogen and oxygen atoms in total. The predicted molar refractivity (Wildman–Crippen MR) is 109 cm³/mol. The van der Waals surface area contributed by atoms with Crippen LogP contribution in [0.25, 0.3) is 0 Å². The van der Waals surface area contributed by atoms with Gasteiger partial charge in [0.2, 0.25) is 0 Å². The Kier molecular flexibility index (Phi) is 4.76. The Morgan fingerprint density at radius 3 is 2.64 bits per heavy atom. The number of benzene rings is 2. The molecule has 1 fully saturated rings. The summed E-state index contributed by atoms with van der Waals surface area (Å²) in [6.45, 7) is 0. The van der Waals surface area contributed by atoms with Gasteiger partial charge in [0.15, 0.2) is 5.71 Å². The first-order valence-corrected chi connectivity index (χ1v) is 9.88. The van der Waals surface area contributed by atoms with Crippen LogP contribution in [-0.4, -0.2) is 42.4 Å². The number of amides is 2. The minimum absolute atomic E-state index is 0.00340. The van der Waals surface area contributed by atoms with Crippen LogP contribution >= 0.6 is 23.4 Å². The number of nitrogens with zero attached hydrogens (tertiary/aromatic N) is 3. The number of hydrogen-bond donors (Lipinski definition) is 1. The van der Waals surface area contributed by atoms with Crippen LogP contribution in [0.4, 0.5) is 15.8 Å². The Morgan fingerprint density at radius 1 is 1.25 bits per heavy atom. The predicted octanol–water partition coefficient (Wildman–Crippen LogP) is 3.48. The number of nitrogens with one attached hydrogen (secondary N) is 1. The fraction of sp³-hybridized carbons (Fsp3) is 0.211. The second-order valence-electron chi connectivity index (χ2n) is 6.60. The highest BCUT2D eigenvalue weighted by Gasteiger charge is 2.36. The maximum atomic E-state index is 13.9. The van der Waals surface area contributed by atoms with E-state index in [1.807, 2.05) is 43.3 Å². The van der Waals surface area contributed by atoms with Crippen molar-refractivity contribution in [2.75, 3.05) is 30.1 Å². The fourth-order valence-electron chi connectivity index (χ4n) is 3.06. The van der Waals surface area contributed by atoms with Crippen molar-refractivity contribution in [3.63, 3.8) is 0 Å². The number of hydrazone groups is 1. The molecule has 2 aromatic rings. The molecule has 144 valence electrons. The van der Waals surface area contributed by atoms with E-state index in [-0.39, 0.29) is 27.8 Å². The summed E-state index contributed by atoms with van der Waals surface area (Å²) in [5, 5.41) is 7.77. The van der Waals surface area contributed by atoms with E-state index in [2.05, 4.69) is 10.4 Å². The lowest BCUT2D eigenvalue weighted by Gasteiger charge is -2.20. The average Bonchev–Trinajstić information content (AvgIpc) is 3.16. The zero-order valence-electron chi connectivity index (χ0n) is 15.1. The van der Waals surface area contributed by atoms with Crippen molar-refractivity contribution >= 4 is 52.3 Å². The quantitative estimate of drug-likeness (QED) is 0.828. The molecule has 2 amide bonds. The van der Waals surface area contributed by atoms with E-state index in [4.69, 9.17) is 11.6 Å². The average molecular weight is 419 g/mol. The van der Waals surface area contributed by atoms with Gasteiger partial charge in [0.1, 0.15) is 11.2 Å². The molecular weight excluding hydrogens is 403 g/mol. The SMILES string of the molecule is CN(C)c1ccc(C2SCC(=O)N2/N=C2\C(=O)Nc3cc(Cl)c(F)cc32)cc1. The molecule has 2 aliphatic heterocycles. The van der Waals surface area contributed by atoms with Crippen LogP contribution in [0.3, 0.4) is 0 Å². The topological polar surface area (TPSA) is 65.0 Å². The molecule has 0 saturated carbocycles. The number of hydrogen-bond acceptors (Lipinski definition) is 5. The Labute approximate surface area is 170 Å². The van der Waals surface area contributed by atoms with Gasteiger partial charge in [0, 0.05) is 25.3 Å². The second-order valence-corrected chi connectivity index (χ2v) is 8.08. The van der Waals surface area contributed by atoms with Crippen LogP contribution in [0.2, 0.25) is 5.02 Å². The van der Waals surface area contributed by atoms with Crippen LogP contribution in [0, 0.1) is 5.82 Å². The third-order valence-corrected chi connectivity index (χ3v) is 6.01. The standard InChI is InChI=1S/C19H16ClFN4O2S/c1-24(2)11-5-3-10(4-6-11)19-25(16(26)9-28-19)23-17-12-7-14(21)13(20)8-15(12)22-18(17)27/h3-8,19H,9H2,1-2H3,(H,22,23,27). The molecule has 0 aromatic heterocycles. The van der Waals surface area contributed by atoms with Crippen molar-refractivity contribution in [2.24, 2.45) is 5.10 Å². The number of anilines is 2. The lowest BCUT2D eigenvalue weighted by molar-refractivity contribution is -0.128. The minimum Gasteiger partial charge on any atom is -0.378 e. The first-order chi connectivity index (χ1) is 13.3. The van der Waals surface area contributed by atoms with E-state index < -0.39 is 11.7 Å². The van der Waals surface area contributed by atoms with Gasteiger partial charge in [-0.25, -0.2) is 9.40 Å². The number of rotatable bonds is 3. The number of carbonyl (C=O) groups is 2. The summed E-state index contributed by atoms with van der Waals surface area (Å²) in [7, 11) is 3.89. The van der Waals surface area contributed by atoms with Crippen molar-refractivity contribution in [1.82, 2.24) is 5.01 Å². The molecule has 2 aliphatic rings. The van der Waals surface area contributed by atoms with Gasteiger partial charge in [-0.15, -0.1) is 11.8 Å². The molecule has 9 heteroatoms. The molecule has 1 atom stereocenters. The molecule has 0 spiro atoms. The zero-order valence-corrected chi connectivity index (χ0v) is 16.6. The van der Waals surface area contributed by atoms with Gasteiger partial charge in [0.25, 0.3) is 11.8 Å². The summed E-state index contributed by atoms with van der Waals surface area (Å²) in [6.07, 6.45) is 0. The molecule has 1 unspecified atom stereocenters. The highest BCUT2D eigenvalue weighted by atomic mass is 35.5. The Balaban J connectivity index is 1.70. The highest BCUT2D eigenvalue weighted by Crippen LogP contribution is 2.40. The van der Waals surface area contributed by atoms with E-state index >= 15 is 0 Å². The van der Waals surface area contributed by atoms with Gasteiger partial charge in [-0.3, -0.25) is 9.59 Å². The lowest BCUT2D eigenvalue weighted by atomic mass is 10.1. The molecule has 28 heavy (non-hydrogen) atoms. The van der Waals surface area contributed by atoms with Crippen molar-refractivity contribution in [3.05, 3.63) is 58.4 Å². The van der Waals surface area contributed by atoms with Crippen LogP contribution in [0.15, 0.2) is 41.5 Å². The van der Waals surface area contributed by atoms with Gasteiger partial charge in [-0.2, -0.15) is 5.10 Å². The minimum atomic E-state index is -0.650. The summed E-state index contributed by atoms with van der Waals surface area (Å²) in [5.74, 6) is -1.11. The molecule has 1 saturated heterocycles. The molecule has 1 N–H and O–H groups in total. The third-order valence-electron chi connectivity index (χ3n) is 4.52. The van der Waals surface area contributed by atoms with E-state index in [9.17, 15) is 14.0 Å². The molecular formula is C19H16ClFN4O2S. The van der Waals surface area contributed by atoms with E-state index in [1.165, 1.54) is 22.8 Å². The van der Waals surface area contributed by atoms with E-state index in [0.29, 0.717) is 11.3 Å². The highest BCUT2D eigenvalue weighted by molar-refractivity contribution is 8.00. The number of fused-ring (bicyclic) bond motifs is 1. The third kappa shape index (κ3) is 3.22. The molecule has 4 rings (SSSR count). The maximum absolute atomic E-state index is 13.9. The van der Waals surface area contributed by atoms with Gasteiger partial charge in [0.05, 0.1) is 16.5 Å². The monoisotopic (exact) mass is 418 g/mol. The van der Waals surface area contributed by atoms with E-state index in [1.54, 1.807) is 0 Å². The Bertz CT molecular complexity index is 1010. The van der Waals surface area contributed by atoms with E-state index in [0.717, 1.165) is 17.3 Å². The Hall–Kier alpha value is -2.58. The number of thioether (sulfide) groups is 1. The summed E-state index contributed by atoms with van der Waals surface area (Å²) in [5.41, 5.74) is 2.59. The van der Waals surface area contributed by atoms with Gasteiger partial charge < -0.3 is 10.2 Å². The number of carbonyl (C=O) groups excluding carboxylic acids is 2. The zero-order chi connectivity index (χ0) is 20.0. The van der Waals surface area contributed by atoms with Crippen LogP contribution in [0.5, 0.6) is 0 Å². The van der Waals surface area contributed by atoms with Crippen LogP contribution in [0.1, 0.15) is 16.5 Å². The summed E-state index contributed by atoms with van der Waals surface area (Å²) in [6, 6.07) is 10.3. The van der Waals surface area contributed by atoms with Crippen molar-refractivity contribution in [1.29, 1.82) is 0 Å². The summed E-state index contributed by atoms with van der Waals surface area (Å²) in [4.78, 5) is 26.8. The van der Waals surface area contributed by atoms with Crippen LogP contribution < -0.4 is 10.2 Å². The van der Waals surface area contributed by atoms with Crippen molar-refractivity contribution in [2.45, 2.75) is 5.37 Å². The van der Waals surface area contributed by atoms with Gasteiger partial charge >= 0.3 is 0 Å². The molecule has 0 aliphatic carbocycles. The first kappa shape index (κ1) is 18.8. The molecule has 0 bridgehead atoms. The van der Waals surface area contributed by atoms with Crippen molar-refractivity contribution < 1.29 is 14.0 Å². The van der Waals surface area contributed by atoms with Crippen molar-refractivity contribution in [3.8, 4) is 0 Å². The fourth-order valence-corrected chi connectivity index (χ4v) is 4.31. The largest absolute Gasteiger partial charge is 0.378 e. The number of halogens is 2. The second kappa shape index (κ2) is 7.10. The van der Waals surface area contributed by atoms with Gasteiger partial charge in [-0.05, 0) is 29.8 Å². The smallest absolute Gasteiger partial charge is 0.276 e.